The third-order valence-electron chi connectivity index (χ3n) is 5.98. The van der Waals surface area contributed by atoms with Crippen LogP contribution in [-0.4, -0.2) is 11.1 Å². The van der Waals surface area contributed by atoms with E-state index in [0.29, 0.717) is 16.4 Å². The van der Waals surface area contributed by atoms with Gasteiger partial charge in [0.2, 0.25) is 0 Å². The quantitative estimate of drug-likeness (QED) is 0.783. The van der Waals surface area contributed by atoms with E-state index >= 15 is 0 Å². The lowest BCUT2D eigenvalue weighted by atomic mass is 9.77. The summed E-state index contributed by atoms with van der Waals surface area (Å²) in [6.45, 7) is 4.81. The first-order valence-corrected chi connectivity index (χ1v) is 8.56. The Morgan fingerprint density at radius 2 is 1.50 bits per heavy atom. The smallest absolute Gasteiger partial charge is 0.335 e. The van der Waals surface area contributed by atoms with Crippen LogP contribution in [0.3, 0.4) is 0 Å². The van der Waals surface area contributed by atoms with E-state index in [9.17, 15) is 4.79 Å². The van der Waals surface area contributed by atoms with Gasteiger partial charge in [-0.3, -0.25) is 0 Å². The van der Waals surface area contributed by atoms with E-state index in [1.165, 1.54) is 30.4 Å². The molecule has 1 saturated carbocycles. The first-order chi connectivity index (χ1) is 11.4. The van der Waals surface area contributed by atoms with Crippen LogP contribution in [0.2, 0.25) is 0 Å². The fourth-order valence-corrected chi connectivity index (χ4v) is 4.67. The Bertz CT molecular complexity index is 847. The van der Waals surface area contributed by atoms with Gasteiger partial charge >= 0.3 is 5.97 Å². The Morgan fingerprint density at radius 1 is 0.917 bits per heavy atom. The predicted molar refractivity (Wildman–Crippen MR) is 97.3 cm³/mol. The molecule has 2 aliphatic carbocycles. The second-order valence-electron chi connectivity index (χ2n) is 7.86. The average Bonchev–Trinajstić information content (AvgIpc) is 3.01. The number of rotatable bonds is 3. The average molecular weight is 318 g/mol. The lowest BCUT2D eigenvalue weighted by Gasteiger charge is -2.27. The lowest BCUT2D eigenvalue weighted by Crippen LogP contribution is -2.17. The molecular weight excluding hydrogens is 296 g/mol. The van der Waals surface area contributed by atoms with Crippen LogP contribution < -0.4 is 0 Å². The van der Waals surface area contributed by atoms with Gasteiger partial charge in [0.05, 0.1) is 5.56 Å². The molecule has 2 bridgehead atoms. The molecule has 2 unspecified atom stereocenters. The van der Waals surface area contributed by atoms with Crippen molar-refractivity contribution < 1.29 is 9.90 Å². The highest BCUT2D eigenvalue weighted by Crippen LogP contribution is 2.60. The third-order valence-corrected chi connectivity index (χ3v) is 5.98. The molecule has 1 N–H and O–H groups in total. The molecular formula is C22H22O2. The van der Waals surface area contributed by atoms with Crippen molar-refractivity contribution in [2.24, 2.45) is 0 Å². The Labute approximate surface area is 142 Å². The molecule has 24 heavy (non-hydrogen) atoms. The van der Waals surface area contributed by atoms with E-state index in [2.05, 4.69) is 38.1 Å². The number of carboxylic acid groups (broad SMARTS) is 1. The van der Waals surface area contributed by atoms with Crippen LogP contribution in [0, 0.1) is 0 Å². The van der Waals surface area contributed by atoms with Crippen LogP contribution in [0.15, 0.2) is 42.5 Å². The Kier molecular flexibility index (Phi) is 3.21. The van der Waals surface area contributed by atoms with Crippen molar-refractivity contribution in [2.75, 3.05) is 0 Å². The SMILES string of the molecule is CC12CCC(C)(C1)c1cc(C=Cc3ccc(C(=O)O)cc3)ccc12. The van der Waals surface area contributed by atoms with Gasteiger partial charge in [-0.25, -0.2) is 4.79 Å². The maximum Gasteiger partial charge on any atom is 0.335 e. The zero-order chi connectivity index (χ0) is 16.9. The number of hydrogen-bond acceptors (Lipinski definition) is 1. The zero-order valence-electron chi connectivity index (χ0n) is 14.2. The molecule has 2 atom stereocenters. The Balaban J connectivity index is 1.62. The van der Waals surface area contributed by atoms with Gasteiger partial charge in [-0.1, -0.05) is 56.3 Å². The first-order valence-electron chi connectivity index (χ1n) is 8.56. The van der Waals surface area contributed by atoms with Gasteiger partial charge in [0.1, 0.15) is 0 Å². The van der Waals surface area contributed by atoms with Gasteiger partial charge in [0.15, 0.2) is 0 Å². The molecule has 2 aromatic rings. The molecule has 4 rings (SSSR count). The van der Waals surface area contributed by atoms with Crippen molar-refractivity contribution >= 4 is 18.1 Å². The topological polar surface area (TPSA) is 37.3 Å². The number of carbonyl (C=O) groups is 1. The summed E-state index contributed by atoms with van der Waals surface area (Å²) in [5.41, 5.74) is 6.34. The molecule has 2 aromatic carbocycles. The second kappa shape index (κ2) is 5.07. The summed E-state index contributed by atoms with van der Waals surface area (Å²) in [6.07, 6.45) is 8.04. The second-order valence-corrected chi connectivity index (χ2v) is 7.86. The number of fused-ring (bicyclic) bond motifs is 5. The summed E-state index contributed by atoms with van der Waals surface area (Å²) in [6, 6.07) is 13.8. The number of aromatic carboxylic acids is 1. The van der Waals surface area contributed by atoms with Crippen molar-refractivity contribution in [1.29, 1.82) is 0 Å². The predicted octanol–water partition coefficient (Wildman–Crippen LogP) is 5.27. The summed E-state index contributed by atoms with van der Waals surface area (Å²) in [5.74, 6) is -0.888. The molecule has 0 radical (unpaired) electrons. The van der Waals surface area contributed by atoms with Crippen molar-refractivity contribution in [3.05, 3.63) is 70.3 Å². The number of carboxylic acids is 1. The van der Waals surface area contributed by atoms with Gasteiger partial charge in [-0.15, -0.1) is 0 Å². The van der Waals surface area contributed by atoms with Crippen molar-refractivity contribution in [2.45, 2.75) is 43.9 Å². The molecule has 2 nitrogen and oxygen atoms in total. The minimum atomic E-state index is -0.888. The van der Waals surface area contributed by atoms with Gasteiger partial charge in [-0.05, 0) is 64.5 Å². The molecule has 0 heterocycles. The van der Waals surface area contributed by atoms with Crippen molar-refractivity contribution in [3.63, 3.8) is 0 Å². The summed E-state index contributed by atoms with van der Waals surface area (Å²) < 4.78 is 0. The fourth-order valence-electron chi connectivity index (χ4n) is 4.67. The van der Waals surface area contributed by atoms with Crippen LogP contribution in [-0.2, 0) is 10.8 Å². The first kappa shape index (κ1) is 15.2. The summed E-state index contributed by atoms with van der Waals surface area (Å²) in [7, 11) is 0. The third kappa shape index (κ3) is 2.29. The monoisotopic (exact) mass is 318 g/mol. The van der Waals surface area contributed by atoms with Crippen molar-refractivity contribution in [3.8, 4) is 0 Å². The molecule has 2 aliphatic rings. The van der Waals surface area contributed by atoms with E-state index < -0.39 is 5.97 Å². The van der Waals surface area contributed by atoms with Crippen LogP contribution >= 0.6 is 0 Å². The summed E-state index contributed by atoms with van der Waals surface area (Å²) in [5, 5.41) is 8.95. The molecule has 2 heteroatoms. The fraction of sp³-hybridized carbons (Fsp3) is 0.318. The molecule has 122 valence electrons. The lowest BCUT2D eigenvalue weighted by molar-refractivity contribution is 0.0697. The molecule has 0 amide bonds. The van der Waals surface area contributed by atoms with Gasteiger partial charge in [0.25, 0.3) is 0 Å². The van der Waals surface area contributed by atoms with E-state index in [1.54, 1.807) is 17.7 Å². The Morgan fingerprint density at radius 3 is 2.17 bits per heavy atom. The van der Waals surface area contributed by atoms with Crippen molar-refractivity contribution in [1.82, 2.24) is 0 Å². The molecule has 0 saturated heterocycles. The summed E-state index contributed by atoms with van der Waals surface area (Å²) in [4.78, 5) is 10.9. The summed E-state index contributed by atoms with van der Waals surface area (Å²) >= 11 is 0. The van der Waals surface area contributed by atoms with E-state index in [4.69, 9.17) is 5.11 Å². The highest BCUT2D eigenvalue weighted by molar-refractivity contribution is 5.88. The van der Waals surface area contributed by atoms with E-state index in [-0.39, 0.29) is 0 Å². The minimum Gasteiger partial charge on any atom is -0.478 e. The standard InChI is InChI=1S/C22H22O2/c1-21-11-12-22(2,14-21)19-13-16(7-10-18(19)21)4-3-15-5-8-17(9-6-15)20(23)24/h3-10,13H,11-12,14H2,1-2H3,(H,23,24). The molecule has 0 aromatic heterocycles. The maximum atomic E-state index is 10.9. The molecule has 0 spiro atoms. The number of benzene rings is 2. The van der Waals surface area contributed by atoms with Crippen LogP contribution in [0.25, 0.3) is 12.2 Å². The minimum absolute atomic E-state index is 0.321. The van der Waals surface area contributed by atoms with Crippen LogP contribution in [0.4, 0.5) is 0 Å². The number of hydrogen-bond donors (Lipinski definition) is 1. The van der Waals surface area contributed by atoms with E-state index in [1.807, 2.05) is 18.2 Å². The normalized spacial score (nSPS) is 27.6. The van der Waals surface area contributed by atoms with Crippen LogP contribution in [0.5, 0.6) is 0 Å². The van der Waals surface area contributed by atoms with Gasteiger partial charge < -0.3 is 5.11 Å². The van der Waals surface area contributed by atoms with Gasteiger partial charge in [-0.2, -0.15) is 0 Å². The highest BCUT2D eigenvalue weighted by Gasteiger charge is 2.52. The van der Waals surface area contributed by atoms with Crippen LogP contribution in [0.1, 0.15) is 65.7 Å². The molecule has 1 fully saturated rings. The molecule has 0 aliphatic heterocycles. The van der Waals surface area contributed by atoms with Gasteiger partial charge in [0, 0.05) is 0 Å². The highest BCUT2D eigenvalue weighted by atomic mass is 16.4. The van der Waals surface area contributed by atoms with E-state index in [0.717, 1.165) is 5.56 Å². The zero-order valence-corrected chi connectivity index (χ0v) is 14.2. The maximum absolute atomic E-state index is 10.9. The Hall–Kier alpha value is -2.35. The largest absolute Gasteiger partial charge is 0.478 e.